The summed E-state index contributed by atoms with van der Waals surface area (Å²) in [5, 5.41) is 12.7. The molecule has 1 aromatic rings. The Morgan fingerprint density at radius 1 is 1.41 bits per heavy atom. The molecule has 5 nitrogen and oxygen atoms in total. The first-order valence-corrected chi connectivity index (χ1v) is 7.93. The van der Waals surface area contributed by atoms with Crippen LogP contribution in [0.1, 0.15) is 18.1 Å². The van der Waals surface area contributed by atoms with Gasteiger partial charge in [0, 0.05) is 17.4 Å². The summed E-state index contributed by atoms with van der Waals surface area (Å²) in [6, 6.07) is 2.19. The zero-order valence-electron chi connectivity index (χ0n) is 11.5. The predicted molar refractivity (Wildman–Crippen MR) is 76.2 cm³/mol. The van der Waals surface area contributed by atoms with Gasteiger partial charge in [-0.2, -0.15) is 11.8 Å². The first-order valence-electron chi connectivity index (χ1n) is 6.78. The summed E-state index contributed by atoms with van der Waals surface area (Å²) in [5.74, 6) is -0.801. The zero-order chi connectivity index (χ0) is 15.9. The molecule has 118 valence electrons. The van der Waals surface area contributed by atoms with E-state index >= 15 is 0 Å². The number of carbonyl (C=O) groups excluding carboxylic acids is 2. The average Bonchev–Trinajstić information content (AvgIpc) is 3.00. The van der Waals surface area contributed by atoms with Crippen molar-refractivity contribution in [3.05, 3.63) is 35.4 Å². The lowest BCUT2D eigenvalue weighted by Crippen LogP contribution is -2.47. The van der Waals surface area contributed by atoms with Gasteiger partial charge in [-0.25, -0.2) is 13.6 Å². The smallest absolute Gasteiger partial charge is 0.325 e. The van der Waals surface area contributed by atoms with Crippen molar-refractivity contribution in [1.29, 1.82) is 0 Å². The van der Waals surface area contributed by atoms with Crippen LogP contribution >= 0.6 is 11.8 Å². The van der Waals surface area contributed by atoms with Crippen LogP contribution in [0.2, 0.25) is 0 Å². The van der Waals surface area contributed by atoms with Crippen LogP contribution in [-0.4, -0.2) is 45.5 Å². The van der Waals surface area contributed by atoms with Crippen LogP contribution in [0.4, 0.5) is 13.6 Å². The van der Waals surface area contributed by atoms with Gasteiger partial charge >= 0.3 is 6.03 Å². The van der Waals surface area contributed by atoms with Crippen LogP contribution in [0.5, 0.6) is 0 Å². The van der Waals surface area contributed by atoms with E-state index in [1.54, 1.807) is 11.8 Å². The Balaban J connectivity index is 1.77. The Kier molecular flexibility index (Phi) is 3.82. The molecule has 2 N–H and O–H groups in total. The molecule has 2 atom stereocenters. The maximum Gasteiger partial charge on any atom is 0.325 e. The van der Waals surface area contributed by atoms with E-state index in [2.05, 4.69) is 5.32 Å². The van der Waals surface area contributed by atoms with Gasteiger partial charge in [0.1, 0.15) is 17.2 Å². The van der Waals surface area contributed by atoms with E-state index in [4.69, 9.17) is 0 Å². The molecule has 8 heteroatoms. The molecule has 22 heavy (non-hydrogen) atoms. The average molecular weight is 328 g/mol. The van der Waals surface area contributed by atoms with Gasteiger partial charge in [0.15, 0.2) is 0 Å². The van der Waals surface area contributed by atoms with Gasteiger partial charge in [-0.3, -0.25) is 9.69 Å². The summed E-state index contributed by atoms with van der Waals surface area (Å²) in [6.45, 7) is -0.361. The second-order valence-corrected chi connectivity index (χ2v) is 6.52. The van der Waals surface area contributed by atoms with Crippen LogP contribution in [0.3, 0.4) is 0 Å². The molecule has 2 aliphatic heterocycles. The Morgan fingerprint density at radius 2 is 2.18 bits per heavy atom. The highest BCUT2D eigenvalue weighted by Gasteiger charge is 2.53. The topological polar surface area (TPSA) is 69.6 Å². The highest BCUT2D eigenvalue weighted by Crippen LogP contribution is 2.34. The van der Waals surface area contributed by atoms with Crippen molar-refractivity contribution in [3.8, 4) is 0 Å². The molecule has 2 fully saturated rings. The van der Waals surface area contributed by atoms with Gasteiger partial charge in [-0.15, -0.1) is 0 Å². The van der Waals surface area contributed by atoms with E-state index in [0.29, 0.717) is 18.2 Å². The van der Waals surface area contributed by atoms with Crippen molar-refractivity contribution in [1.82, 2.24) is 10.2 Å². The van der Waals surface area contributed by atoms with Crippen molar-refractivity contribution in [2.24, 2.45) is 0 Å². The fourth-order valence-electron chi connectivity index (χ4n) is 2.72. The lowest BCUT2D eigenvalue weighted by molar-refractivity contribution is -0.131. The maximum absolute atomic E-state index is 13.7. The first kappa shape index (κ1) is 15.2. The molecule has 3 rings (SSSR count). The number of aliphatic hydroxyl groups is 1. The summed E-state index contributed by atoms with van der Waals surface area (Å²) in [6.07, 6.45) is -0.862. The summed E-state index contributed by atoms with van der Waals surface area (Å²) in [5.41, 5.74) is -1.05. The number of rotatable bonds is 3. The van der Waals surface area contributed by atoms with E-state index in [-0.39, 0.29) is 12.1 Å². The quantitative estimate of drug-likeness (QED) is 0.824. The largest absolute Gasteiger partial charge is 0.386 e. The molecule has 2 aliphatic rings. The number of nitrogens with zero attached hydrogens (tertiary/aromatic N) is 1. The Hall–Kier alpha value is -1.67. The molecule has 2 saturated heterocycles. The normalized spacial score (nSPS) is 25.9. The Bertz CT molecular complexity index is 635. The van der Waals surface area contributed by atoms with Crippen LogP contribution in [0.15, 0.2) is 18.2 Å². The number of imide groups is 1. The van der Waals surface area contributed by atoms with Crippen LogP contribution in [0.25, 0.3) is 0 Å². The molecule has 0 saturated carbocycles. The van der Waals surface area contributed by atoms with Gasteiger partial charge in [0.05, 0.1) is 12.6 Å². The Morgan fingerprint density at radius 3 is 2.82 bits per heavy atom. The number of hydrogen-bond acceptors (Lipinski definition) is 4. The van der Waals surface area contributed by atoms with E-state index < -0.39 is 35.2 Å². The molecule has 3 amide bonds. The first-order chi connectivity index (χ1) is 10.4. The molecule has 0 unspecified atom stereocenters. The van der Waals surface area contributed by atoms with E-state index in [0.717, 1.165) is 22.8 Å². The molecule has 2 heterocycles. The monoisotopic (exact) mass is 328 g/mol. The number of hydrogen-bond donors (Lipinski definition) is 2. The third kappa shape index (κ3) is 2.46. The second-order valence-electron chi connectivity index (χ2n) is 5.41. The van der Waals surface area contributed by atoms with Crippen molar-refractivity contribution in [3.63, 3.8) is 0 Å². The number of thioether (sulfide) groups is 1. The standard InChI is InChI=1S/C14H14F2N2O3S/c15-8-1-2-9(10(16)5-8)11(19)6-18-12(20)14(17-13(18)21)3-4-22-7-14/h1-2,5,11,19H,3-4,6-7H2,(H,17,21)/t11-,14-/m1/s1. The predicted octanol–water partition coefficient (Wildman–Crippen LogP) is 1.43. The molecule has 1 spiro atoms. The summed E-state index contributed by atoms with van der Waals surface area (Å²) < 4.78 is 26.5. The van der Waals surface area contributed by atoms with Gasteiger partial charge in [-0.05, 0) is 18.2 Å². The van der Waals surface area contributed by atoms with E-state index in [1.165, 1.54) is 0 Å². The SMILES string of the molecule is O=C1N[C@@]2(CCSC2)C(=O)N1C[C@@H](O)c1ccc(F)cc1F. The van der Waals surface area contributed by atoms with Gasteiger partial charge in [-0.1, -0.05) is 6.07 Å². The van der Waals surface area contributed by atoms with Crippen LogP contribution < -0.4 is 5.32 Å². The van der Waals surface area contributed by atoms with Crippen LogP contribution in [-0.2, 0) is 4.79 Å². The van der Waals surface area contributed by atoms with Crippen molar-refractivity contribution >= 4 is 23.7 Å². The molecule has 1 aromatic carbocycles. The minimum absolute atomic E-state index is 0.149. The van der Waals surface area contributed by atoms with Crippen molar-refractivity contribution < 1.29 is 23.5 Å². The molecule has 0 radical (unpaired) electrons. The third-order valence-corrected chi connectivity index (χ3v) is 5.13. The lowest BCUT2D eigenvalue weighted by atomic mass is 9.99. The van der Waals surface area contributed by atoms with Crippen LogP contribution in [0, 0.1) is 11.6 Å². The summed E-state index contributed by atoms with van der Waals surface area (Å²) in [7, 11) is 0. The lowest BCUT2D eigenvalue weighted by Gasteiger charge is -2.21. The number of benzene rings is 1. The number of halogens is 2. The highest BCUT2D eigenvalue weighted by molar-refractivity contribution is 7.99. The van der Waals surface area contributed by atoms with Gasteiger partial charge in [0.2, 0.25) is 0 Å². The molecular formula is C14H14F2N2O3S. The van der Waals surface area contributed by atoms with Gasteiger partial charge in [0.25, 0.3) is 5.91 Å². The zero-order valence-corrected chi connectivity index (χ0v) is 12.3. The number of aliphatic hydroxyl groups excluding tert-OH is 1. The van der Waals surface area contributed by atoms with E-state index in [1.807, 2.05) is 0 Å². The fourth-order valence-corrected chi connectivity index (χ4v) is 4.04. The Labute approximate surface area is 129 Å². The molecule has 0 aliphatic carbocycles. The summed E-state index contributed by atoms with van der Waals surface area (Å²) in [4.78, 5) is 25.3. The molecule has 0 aromatic heterocycles. The number of nitrogens with one attached hydrogen (secondary N) is 1. The molecular weight excluding hydrogens is 314 g/mol. The van der Waals surface area contributed by atoms with Gasteiger partial charge < -0.3 is 10.4 Å². The summed E-state index contributed by atoms with van der Waals surface area (Å²) >= 11 is 1.57. The van der Waals surface area contributed by atoms with Crippen molar-refractivity contribution in [2.75, 3.05) is 18.1 Å². The number of carbonyl (C=O) groups is 2. The van der Waals surface area contributed by atoms with Crippen molar-refractivity contribution in [2.45, 2.75) is 18.1 Å². The minimum Gasteiger partial charge on any atom is -0.386 e. The number of amides is 3. The second kappa shape index (κ2) is 5.51. The minimum atomic E-state index is -1.40. The molecule has 0 bridgehead atoms. The number of urea groups is 1. The highest BCUT2D eigenvalue weighted by atomic mass is 32.2. The fraction of sp³-hybridized carbons (Fsp3) is 0.429. The van der Waals surface area contributed by atoms with E-state index in [9.17, 15) is 23.5 Å². The number of β-amino-alcohol motifs (C(OH)–C–C–N with tert-alkyl or cyclic N) is 1. The third-order valence-electron chi connectivity index (χ3n) is 3.94. The maximum atomic E-state index is 13.7.